The SMILES string of the molecule is CC(C)(C)c1ccccc1C(O)Cc1ccc(F)cc1. The molecule has 1 unspecified atom stereocenters. The summed E-state index contributed by atoms with van der Waals surface area (Å²) in [5, 5.41) is 10.5. The molecule has 1 N–H and O–H groups in total. The van der Waals surface area contributed by atoms with Gasteiger partial charge in [0.05, 0.1) is 6.10 Å². The van der Waals surface area contributed by atoms with E-state index in [0.29, 0.717) is 6.42 Å². The lowest BCUT2D eigenvalue weighted by atomic mass is 9.81. The molecule has 0 amide bonds. The molecule has 2 aromatic rings. The summed E-state index contributed by atoms with van der Waals surface area (Å²) < 4.78 is 12.9. The first-order valence-corrected chi connectivity index (χ1v) is 6.90. The average molecular weight is 272 g/mol. The first-order valence-electron chi connectivity index (χ1n) is 6.90. The third-order valence-corrected chi connectivity index (χ3v) is 3.47. The van der Waals surface area contributed by atoms with Crippen molar-refractivity contribution in [3.63, 3.8) is 0 Å². The summed E-state index contributed by atoms with van der Waals surface area (Å²) in [5.74, 6) is -0.252. The predicted octanol–water partition coefficient (Wildman–Crippen LogP) is 4.40. The minimum atomic E-state index is -0.573. The van der Waals surface area contributed by atoms with Crippen LogP contribution in [0.5, 0.6) is 0 Å². The summed E-state index contributed by atoms with van der Waals surface area (Å²) >= 11 is 0. The molecule has 106 valence electrons. The Morgan fingerprint density at radius 3 is 2.20 bits per heavy atom. The van der Waals surface area contributed by atoms with E-state index in [1.807, 2.05) is 18.2 Å². The molecular formula is C18H21FO. The Balaban J connectivity index is 2.25. The lowest BCUT2D eigenvalue weighted by Crippen LogP contribution is -2.16. The van der Waals surface area contributed by atoms with Crippen LogP contribution in [0, 0.1) is 5.82 Å². The standard InChI is InChI=1S/C18H21FO/c1-18(2,3)16-7-5-4-6-15(16)17(20)12-13-8-10-14(19)11-9-13/h4-11,17,20H,12H2,1-3H3. The van der Waals surface area contributed by atoms with Crippen molar-refractivity contribution in [2.75, 3.05) is 0 Å². The smallest absolute Gasteiger partial charge is 0.123 e. The summed E-state index contributed by atoms with van der Waals surface area (Å²) in [7, 11) is 0. The summed E-state index contributed by atoms with van der Waals surface area (Å²) in [4.78, 5) is 0. The molecule has 0 aromatic heterocycles. The zero-order chi connectivity index (χ0) is 14.8. The Morgan fingerprint density at radius 1 is 1.00 bits per heavy atom. The van der Waals surface area contributed by atoms with Crippen molar-refractivity contribution >= 4 is 0 Å². The highest BCUT2D eigenvalue weighted by Gasteiger charge is 2.21. The molecule has 0 radical (unpaired) electrons. The van der Waals surface area contributed by atoms with Gasteiger partial charge < -0.3 is 5.11 Å². The Kier molecular flexibility index (Phi) is 4.24. The number of rotatable bonds is 3. The highest BCUT2D eigenvalue weighted by molar-refractivity contribution is 5.35. The lowest BCUT2D eigenvalue weighted by Gasteiger charge is -2.25. The number of hydrogen-bond acceptors (Lipinski definition) is 1. The molecule has 20 heavy (non-hydrogen) atoms. The van der Waals surface area contributed by atoms with E-state index < -0.39 is 6.10 Å². The minimum Gasteiger partial charge on any atom is -0.388 e. The van der Waals surface area contributed by atoms with Crippen LogP contribution in [0.1, 0.15) is 43.6 Å². The van der Waals surface area contributed by atoms with E-state index in [1.54, 1.807) is 12.1 Å². The van der Waals surface area contributed by atoms with Crippen molar-refractivity contribution in [2.45, 2.75) is 38.7 Å². The van der Waals surface area contributed by atoms with Gasteiger partial charge in [0, 0.05) is 6.42 Å². The molecule has 0 aliphatic carbocycles. The number of aliphatic hydroxyl groups excluding tert-OH is 1. The van der Waals surface area contributed by atoms with Crippen molar-refractivity contribution in [1.29, 1.82) is 0 Å². The molecule has 0 spiro atoms. The van der Waals surface area contributed by atoms with Gasteiger partial charge >= 0.3 is 0 Å². The maximum atomic E-state index is 12.9. The molecule has 0 heterocycles. The molecule has 2 heteroatoms. The molecular weight excluding hydrogens is 251 g/mol. The summed E-state index contributed by atoms with van der Waals surface area (Å²) in [6.45, 7) is 6.41. The van der Waals surface area contributed by atoms with E-state index in [4.69, 9.17) is 0 Å². The summed E-state index contributed by atoms with van der Waals surface area (Å²) in [6.07, 6.45) is -0.0798. The van der Waals surface area contributed by atoms with Gasteiger partial charge in [-0.3, -0.25) is 0 Å². The van der Waals surface area contributed by atoms with Gasteiger partial charge in [-0.1, -0.05) is 57.2 Å². The number of benzene rings is 2. The average Bonchev–Trinajstić information content (AvgIpc) is 2.40. The number of hydrogen-bond donors (Lipinski definition) is 1. The lowest BCUT2D eigenvalue weighted by molar-refractivity contribution is 0.176. The molecule has 2 rings (SSSR count). The van der Waals surface area contributed by atoms with E-state index in [1.165, 1.54) is 12.1 Å². The van der Waals surface area contributed by atoms with Crippen LogP contribution in [-0.2, 0) is 11.8 Å². The first-order chi connectivity index (χ1) is 9.38. The number of halogens is 1. The Bertz CT molecular complexity index is 567. The van der Waals surface area contributed by atoms with Gasteiger partial charge in [0.2, 0.25) is 0 Å². The minimum absolute atomic E-state index is 0.0135. The molecule has 0 fully saturated rings. The van der Waals surface area contributed by atoms with Crippen LogP contribution in [0.2, 0.25) is 0 Å². The van der Waals surface area contributed by atoms with Gasteiger partial charge in [-0.25, -0.2) is 4.39 Å². The quantitative estimate of drug-likeness (QED) is 0.878. The highest BCUT2D eigenvalue weighted by Crippen LogP contribution is 2.31. The maximum Gasteiger partial charge on any atom is 0.123 e. The molecule has 0 aliphatic heterocycles. The molecule has 1 atom stereocenters. The van der Waals surface area contributed by atoms with Crippen molar-refractivity contribution < 1.29 is 9.50 Å². The topological polar surface area (TPSA) is 20.2 Å². The van der Waals surface area contributed by atoms with Crippen LogP contribution in [0.15, 0.2) is 48.5 Å². The Hall–Kier alpha value is -1.67. The van der Waals surface area contributed by atoms with E-state index >= 15 is 0 Å². The molecule has 0 bridgehead atoms. The fourth-order valence-corrected chi connectivity index (χ4v) is 2.42. The normalized spacial score (nSPS) is 13.2. The van der Waals surface area contributed by atoms with Crippen molar-refractivity contribution in [1.82, 2.24) is 0 Å². The fourth-order valence-electron chi connectivity index (χ4n) is 2.42. The van der Waals surface area contributed by atoms with Gasteiger partial charge in [0.25, 0.3) is 0 Å². The Labute approximate surface area is 120 Å². The van der Waals surface area contributed by atoms with Crippen LogP contribution < -0.4 is 0 Å². The zero-order valence-corrected chi connectivity index (χ0v) is 12.2. The van der Waals surface area contributed by atoms with E-state index in [2.05, 4.69) is 26.8 Å². The van der Waals surface area contributed by atoms with Crippen LogP contribution in [0.25, 0.3) is 0 Å². The van der Waals surface area contributed by atoms with Gasteiger partial charge in [-0.2, -0.15) is 0 Å². The fraction of sp³-hybridized carbons (Fsp3) is 0.333. The molecule has 0 aliphatic rings. The van der Waals surface area contributed by atoms with Crippen LogP contribution >= 0.6 is 0 Å². The van der Waals surface area contributed by atoms with E-state index in [9.17, 15) is 9.50 Å². The molecule has 0 saturated heterocycles. The van der Waals surface area contributed by atoms with E-state index in [0.717, 1.165) is 16.7 Å². The van der Waals surface area contributed by atoms with Crippen molar-refractivity contribution in [2.24, 2.45) is 0 Å². The third-order valence-electron chi connectivity index (χ3n) is 3.47. The second kappa shape index (κ2) is 5.76. The summed E-state index contributed by atoms with van der Waals surface area (Å²) in [5.41, 5.74) is 3.02. The third kappa shape index (κ3) is 3.45. The monoisotopic (exact) mass is 272 g/mol. The second-order valence-corrected chi connectivity index (χ2v) is 6.18. The number of aliphatic hydroxyl groups is 1. The van der Waals surface area contributed by atoms with Gasteiger partial charge in [0.1, 0.15) is 5.82 Å². The zero-order valence-electron chi connectivity index (χ0n) is 12.2. The Morgan fingerprint density at radius 2 is 1.60 bits per heavy atom. The van der Waals surface area contributed by atoms with Crippen LogP contribution in [-0.4, -0.2) is 5.11 Å². The van der Waals surface area contributed by atoms with Crippen molar-refractivity contribution in [3.05, 3.63) is 71.0 Å². The predicted molar refractivity (Wildman–Crippen MR) is 80.2 cm³/mol. The maximum absolute atomic E-state index is 12.9. The molecule has 1 nitrogen and oxygen atoms in total. The molecule has 2 aromatic carbocycles. The summed E-state index contributed by atoms with van der Waals surface area (Å²) in [6, 6.07) is 14.3. The highest BCUT2D eigenvalue weighted by atomic mass is 19.1. The van der Waals surface area contributed by atoms with Crippen molar-refractivity contribution in [3.8, 4) is 0 Å². The largest absolute Gasteiger partial charge is 0.388 e. The van der Waals surface area contributed by atoms with Crippen LogP contribution in [0.3, 0.4) is 0 Å². The van der Waals surface area contributed by atoms with E-state index in [-0.39, 0.29) is 11.2 Å². The van der Waals surface area contributed by atoms with Gasteiger partial charge in [-0.15, -0.1) is 0 Å². The van der Waals surface area contributed by atoms with Gasteiger partial charge in [-0.05, 0) is 34.2 Å². The first kappa shape index (κ1) is 14.7. The second-order valence-electron chi connectivity index (χ2n) is 6.18. The molecule has 0 saturated carbocycles. The van der Waals surface area contributed by atoms with Crippen LogP contribution in [0.4, 0.5) is 4.39 Å². The van der Waals surface area contributed by atoms with Gasteiger partial charge in [0.15, 0.2) is 0 Å².